The monoisotopic (exact) mass is 587 g/mol. The third-order valence-corrected chi connectivity index (χ3v) is 7.96. The maximum absolute atomic E-state index is 13.9. The van der Waals surface area contributed by atoms with Gasteiger partial charge < -0.3 is 15.1 Å². The SMILES string of the molecule is Cc1cc(F)ccc1C1CN(C(=O)C2CCCNC2)CCC1C(=O)N(C)Cc1cc(C(F)(F)F)cc(C(F)(F)F)c1. The Kier molecular flexibility index (Phi) is 9.01. The van der Waals surface area contributed by atoms with Gasteiger partial charge in [0.05, 0.1) is 17.0 Å². The van der Waals surface area contributed by atoms with Gasteiger partial charge in [-0.25, -0.2) is 4.39 Å². The second-order valence-corrected chi connectivity index (χ2v) is 10.9. The van der Waals surface area contributed by atoms with Crippen molar-refractivity contribution in [2.75, 3.05) is 33.2 Å². The molecule has 41 heavy (non-hydrogen) atoms. The van der Waals surface area contributed by atoms with Gasteiger partial charge in [-0.2, -0.15) is 26.3 Å². The summed E-state index contributed by atoms with van der Waals surface area (Å²) < 4.78 is 94.0. The molecule has 5 nitrogen and oxygen atoms in total. The van der Waals surface area contributed by atoms with E-state index >= 15 is 0 Å². The molecular weight excluding hydrogens is 555 g/mol. The quantitative estimate of drug-likeness (QED) is 0.453. The average molecular weight is 588 g/mol. The minimum Gasteiger partial charge on any atom is -0.342 e. The molecule has 3 unspecified atom stereocenters. The Morgan fingerprint density at radius 1 is 1.00 bits per heavy atom. The highest BCUT2D eigenvalue weighted by molar-refractivity contribution is 5.82. The van der Waals surface area contributed by atoms with Crippen LogP contribution in [0.4, 0.5) is 30.7 Å². The van der Waals surface area contributed by atoms with Crippen molar-refractivity contribution in [1.29, 1.82) is 0 Å². The zero-order valence-electron chi connectivity index (χ0n) is 22.7. The van der Waals surface area contributed by atoms with E-state index in [-0.39, 0.29) is 43.0 Å². The van der Waals surface area contributed by atoms with E-state index in [9.17, 15) is 40.3 Å². The van der Waals surface area contributed by atoms with Crippen molar-refractivity contribution in [2.45, 2.75) is 51.0 Å². The molecule has 0 aliphatic carbocycles. The molecule has 2 aromatic rings. The predicted molar refractivity (Wildman–Crippen MR) is 137 cm³/mol. The van der Waals surface area contributed by atoms with E-state index in [0.29, 0.717) is 29.8 Å². The fraction of sp³-hybridized carbons (Fsp3) is 0.517. The number of likely N-dealkylation sites (tertiary alicyclic amines) is 1. The van der Waals surface area contributed by atoms with Crippen LogP contribution in [0, 0.1) is 24.6 Å². The predicted octanol–water partition coefficient (Wildman–Crippen LogP) is 5.76. The number of benzene rings is 2. The van der Waals surface area contributed by atoms with E-state index in [2.05, 4.69) is 5.32 Å². The lowest BCUT2D eigenvalue weighted by Crippen LogP contribution is -2.51. The van der Waals surface area contributed by atoms with Crippen LogP contribution in [-0.4, -0.2) is 54.8 Å². The van der Waals surface area contributed by atoms with Gasteiger partial charge in [0.2, 0.25) is 11.8 Å². The van der Waals surface area contributed by atoms with Crippen molar-refractivity contribution < 1.29 is 40.3 Å². The van der Waals surface area contributed by atoms with E-state index in [1.807, 2.05) is 0 Å². The number of alkyl halides is 6. The van der Waals surface area contributed by atoms with Gasteiger partial charge in [-0.1, -0.05) is 6.07 Å². The van der Waals surface area contributed by atoms with Crippen molar-refractivity contribution in [1.82, 2.24) is 15.1 Å². The fourth-order valence-corrected chi connectivity index (χ4v) is 5.88. The second-order valence-electron chi connectivity index (χ2n) is 10.9. The summed E-state index contributed by atoms with van der Waals surface area (Å²) >= 11 is 0. The summed E-state index contributed by atoms with van der Waals surface area (Å²) in [5.41, 5.74) is -1.97. The zero-order valence-corrected chi connectivity index (χ0v) is 22.7. The lowest BCUT2D eigenvalue weighted by molar-refractivity contribution is -0.144. The molecule has 2 heterocycles. The van der Waals surface area contributed by atoms with Gasteiger partial charge in [0.1, 0.15) is 5.82 Å². The summed E-state index contributed by atoms with van der Waals surface area (Å²) in [5.74, 6) is -2.43. The molecule has 0 radical (unpaired) electrons. The summed E-state index contributed by atoms with van der Waals surface area (Å²) in [4.78, 5) is 29.8. The number of hydrogen-bond donors (Lipinski definition) is 1. The number of nitrogens with zero attached hydrogens (tertiary/aromatic N) is 2. The van der Waals surface area contributed by atoms with E-state index in [1.165, 1.54) is 19.2 Å². The first-order valence-corrected chi connectivity index (χ1v) is 13.4. The molecule has 0 saturated carbocycles. The van der Waals surface area contributed by atoms with Crippen LogP contribution in [0.5, 0.6) is 0 Å². The minimum atomic E-state index is -5.00. The molecule has 4 rings (SSSR count). The number of hydrogen-bond acceptors (Lipinski definition) is 3. The normalized spacial score (nSPS) is 22.0. The largest absolute Gasteiger partial charge is 0.416 e. The van der Waals surface area contributed by atoms with Crippen LogP contribution in [-0.2, 0) is 28.5 Å². The molecule has 2 saturated heterocycles. The Morgan fingerprint density at radius 2 is 1.66 bits per heavy atom. The van der Waals surface area contributed by atoms with Gasteiger partial charge in [0, 0.05) is 45.1 Å². The first kappa shape index (κ1) is 30.8. The molecule has 0 aromatic heterocycles. The Hall–Kier alpha value is -3.15. The van der Waals surface area contributed by atoms with Gasteiger partial charge in [0.15, 0.2) is 0 Å². The number of carbonyl (C=O) groups is 2. The van der Waals surface area contributed by atoms with Crippen molar-refractivity contribution in [2.24, 2.45) is 11.8 Å². The van der Waals surface area contributed by atoms with Crippen molar-refractivity contribution in [3.63, 3.8) is 0 Å². The zero-order chi connectivity index (χ0) is 30.1. The van der Waals surface area contributed by atoms with Crippen LogP contribution < -0.4 is 5.32 Å². The summed E-state index contributed by atoms with van der Waals surface area (Å²) in [6, 6.07) is 5.43. The van der Waals surface area contributed by atoms with Crippen LogP contribution in [0.15, 0.2) is 36.4 Å². The van der Waals surface area contributed by atoms with E-state index in [1.54, 1.807) is 17.9 Å². The van der Waals surface area contributed by atoms with Gasteiger partial charge in [-0.15, -0.1) is 0 Å². The summed E-state index contributed by atoms with van der Waals surface area (Å²) in [7, 11) is 1.33. The van der Waals surface area contributed by atoms with Crippen LogP contribution in [0.25, 0.3) is 0 Å². The molecular formula is C29H32F7N3O2. The standard InChI is InChI=1S/C29H32F7N3O2/c1-17-10-22(30)5-6-23(17)25-16-39(26(40)19-4-3-8-37-14-19)9-7-24(25)27(41)38(2)15-18-11-20(28(31,32)33)13-21(12-18)29(34,35)36/h5-6,10-13,19,24-25,37H,3-4,7-9,14-16H2,1-2H3. The Bertz CT molecular complexity index is 1240. The van der Waals surface area contributed by atoms with Gasteiger partial charge in [-0.3, -0.25) is 9.59 Å². The molecule has 0 bridgehead atoms. The average Bonchev–Trinajstić information content (AvgIpc) is 2.91. The molecule has 2 aliphatic heterocycles. The summed E-state index contributed by atoms with van der Waals surface area (Å²) in [5, 5.41) is 3.21. The van der Waals surface area contributed by atoms with Crippen molar-refractivity contribution in [3.8, 4) is 0 Å². The van der Waals surface area contributed by atoms with Crippen molar-refractivity contribution in [3.05, 3.63) is 70.0 Å². The third kappa shape index (κ3) is 7.20. The number of aryl methyl sites for hydroxylation is 1. The van der Waals surface area contributed by atoms with Crippen LogP contribution >= 0.6 is 0 Å². The van der Waals surface area contributed by atoms with Crippen LogP contribution in [0.3, 0.4) is 0 Å². The highest BCUT2D eigenvalue weighted by Crippen LogP contribution is 2.38. The molecule has 3 atom stereocenters. The van der Waals surface area contributed by atoms with Crippen LogP contribution in [0.1, 0.15) is 53.0 Å². The van der Waals surface area contributed by atoms with Gasteiger partial charge >= 0.3 is 12.4 Å². The number of carbonyl (C=O) groups excluding carboxylic acids is 2. The first-order valence-electron chi connectivity index (χ1n) is 13.4. The number of rotatable bonds is 5. The Labute approximate surface area is 233 Å². The molecule has 2 aromatic carbocycles. The smallest absolute Gasteiger partial charge is 0.342 e. The number of amides is 2. The molecule has 2 aliphatic rings. The Morgan fingerprint density at radius 3 is 2.22 bits per heavy atom. The Balaban J connectivity index is 1.60. The summed E-state index contributed by atoms with van der Waals surface area (Å²) in [6.45, 7) is 3.06. The second kappa shape index (κ2) is 12.0. The third-order valence-electron chi connectivity index (χ3n) is 7.96. The first-order chi connectivity index (χ1) is 19.1. The molecule has 2 amide bonds. The summed E-state index contributed by atoms with van der Waals surface area (Å²) in [6.07, 6.45) is -8.16. The van der Waals surface area contributed by atoms with Crippen molar-refractivity contribution >= 4 is 11.8 Å². The van der Waals surface area contributed by atoms with E-state index in [0.717, 1.165) is 24.3 Å². The van der Waals surface area contributed by atoms with Crippen LogP contribution in [0.2, 0.25) is 0 Å². The lowest BCUT2D eigenvalue weighted by atomic mass is 9.78. The highest BCUT2D eigenvalue weighted by Gasteiger charge is 2.41. The maximum atomic E-state index is 13.9. The number of piperidine rings is 2. The number of halogens is 7. The maximum Gasteiger partial charge on any atom is 0.416 e. The number of nitrogens with one attached hydrogen (secondary N) is 1. The molecule has 0 spiro atoms. The minimum absolute atomic E-state index is 0.0372. The fourth-order valence-electron chi connectivity index (χ4n) is 5.88. The highest BCUT2D eigenvalue weighted by atomic mass is 19.4. The van der Waals surface area contributed by atoms with E-state index < -0.39 is 53.6 Å². The molecule has 2 fully saturated rings. The molecule has 12 heteroatoms. The van der Waals surface area contributed by atoms with Gasteiger partial charge in [0.25, 0.3) is 0 Å². The topological polar surface area (TPSA) is 52.7 Å². The molecule has 1 N–H and O–H groups in total. The lowest BCUT2D eigenvalue weighted by Gasteiger charge is -2.41. The van der Waals surface area contributed by atoms with E-state index in [4.69, 9.17) is 0 Å². The van der Waals surface area contributed by atoms with Gasteiger partial charge in [-0.05, 0) is 79.8 Å². The molecule has 224 valence electrons.